The van der Waals surface area contributed by atoms with E-state index in [1.165, 1.54) is 0 Å². The molecule has 76 valence electrons. The van der Waals surface area contributed by atoms with E-state index in [-0.39, 0.29) is 11.7 Å². The fraction of sp³-hybridized carbons (Fsp3) is 0.778. The lowest BCUT2D eigenvalue weighted by molar-refractivity contribution is -0.140. The number of hydrogen-bond acceptors (Lipinski definition) is 3. The first-order valence-electron chi connectivity index (χ1n) is 4.49. The molecule has 0 aliphatic heterocycles. The van der Waals surface area contributed by atoms with E-state index in [1.54, 1.807) is 13.8 Å². The van der Waals surface area contributed by atoms with E-state index in [0.717, 1.165) is 0 Å². The SMILES string of the molecule is CCC(=O)CC[C@H](C)[C@H](N)C(=O)O. The zero-order chi connectivity index (χ0) is 10.4. The highest BCUT2D eigenvalue weighted by Gasteiger charge is 2.19. The molecule has 0 aliphatic rings. The van der Waals surface area contributed by atoms with Crippen molar-refractivity contribution in [2.24, 2.45) is 11.7 Å². The average molecular weight is 187 g/mol. The summed E-state index contributed by atoms with van der Waals surface area (Å²) >= 11 is 0. The molecule has 0 aromatic rings. The van der Waals surface area contributed by atoms with Crippen molar-refractivity contribution in [3.8, 4) is 0 Å². The lowest BCUT2D eigenvalue weighted by atomic mass is 9.96. The molecule has 0 heterocycles. The number of rotatable bonds is 6. The summed E-state index contributed by atoms with van der Waals surface area (Å²) in [5, 5.41) is 8.56. The summed E-state index contributed by atoms with van der Waals surface area (Å²) in [5.74, 6) is -0.992. The molecule has 0 spiro atoms. The minimum Gasteiger partial charge on any atom is -0.480 e. The smallest absolute Gasteiger partial charge is 0.320 e. The van der Waals surface area contributed by atoms with Crippen LogP contribution in [0, 0.1) is 5.92 Å². The van der Waals surface area contributed by atoms with Crippen molar-refractivity contribution < 1.29 is 14.7 Å². The molecule has 0 unspecified atom stereocenters. The molecule has 4 nitrogen and oxygen atoms in total. The van der Waals surface area contributed by atoms with Gasteiger partial charge >= 0.3 is 5.97 Å². The van der Waals surface area contributed by atoms with Crippen molar-refractivity contribution in [3.05, 3.63) is 0 Å². The molecule has 0 amide bonds. The van der Waals surface area contributed by atoms with Crippen molar-refractivity contribution in [2.45, 2.75) is 39.2 Å². The van der Waals surface area contributed by atoms with Gasteiger partial charge < -0.3 is 10.8 Å². The molecule has 0 bridgehead atoms. The van der Waals surface area contributed by atoms with Crippen molar-refractivity contribution in [1.29, 1.82) is 0 Å². The second-order valence-electron chi connectivity index (χ2n) is 3.27. The van der Waals surface area contributed by atoms with Crippen LogP contribution in [0.2, 0.25) is 0 Å². The number of Topliss-reactive ketones (excluding diaryl/α,β-unsaturated/α-hetero) is 1. The van der Waals surface area contributed by atoms with Gasteiger partial charge in [0.15, 0.2) is 0 Å². The zero-order valence-electron chi connectivity index (χ0n) is 8.12. The fourth-order valence-electron chi connectivity index (χ4n) is 0.988. The third kappa shape index (κ3) is 4.62. The number of carboxylic acids is 1. The fourth-order valence-corrected chi connectivity index (χ4v) is 0.988. The second-order valence-corrected chi connectivity index (χ2v) is 3.27. The van der Waals surface area contributed by atoms with Crippen LogP contribution in [-0.2, 0) is 9.59 Å². The molecule has 0 radical (unpaired) electrons. The van der Waals surface area contributed by atoms with Gasteiger partial charge in [-0.1, -0.05) is 13.8 Å². The number of aliphatic carboxylic acids is 1. The molecule has 0 aromatic heterocycles. The Hall–Kier alpha value is -0.900. The summed E-state index contributed by atoms with van der Waals surface area (Å²) in [6, 6.07) is -0.857. The number of nitrogens with two attached hydrogens (primary N) is 1. The lowest BCUT2D eigenvalue weighted by Gasteiger charge is -2.14. The third-order valence-corrected chi connectivity index (χ3v) is 2.17. The van der Waals surface area contributed by atoms with Gasteiger partial charge in [0, 0.05) is 12.8 Å². The van der Waals surface area contributed by atoms with Crippen LogP contribution < -0.4 is 5.73 Å². The summed E-state index contributed by atoms with van der Waals surface area (Å²) in [6.07, 6.45) is 1.49. The Balaban J connectivity index is 3.80. The van der Waals surface area contributed by atoms with Crippen LogP contribution in [-0.4, -0.2) is 22.9 Å². The molecule has 3 N–H and O–H groups in total. The van der Waals surface area contributed by atoms with Gasteiger partial charge in [-0.25, -0.2) is 0 Å². The van der Waals surface area contributed by atoms with Crippen LogP contribution >= 0.6 is 0 Å². The molecule has 2 atom stereocenters. The minimum atomic E-state index is -1.00. The van der Waals surface area contributed by atoms with Crippen LogP contribution in [0.1, 0.15) is 33.1 Å². The van der Waals surface area contributed by atoms with E-state index in [4.69, 9.17) is 10.8 Å². The Labute approximate surface area is 78.1 Å². The highest BCUT2D eigenvalue weighted by atomic mass is 16.4. The standard InChI is InChI=1S/C9H17NO3/c1-3-7(11)5-4-6(2)8(10)9(12)13/h6,8H,3-5,10H2,1-2H3,(H,12,13)/t6-,8-/m0/s1. The minimum absolute atomic E-state index is 0.145. The Morgan fingerprint density at radius 3 is 2.38 bits per heavy atom. The predicted molar refractivity (Wildman–Crippen MR) is 49.3 cm³/mol. The van der Waals surface area contributed by atoms with Gasteiger partial charge in [0.05, 0.1) is 0 Å². The average Bonchev–Trinajstić information content (AvgIpc) is 2.11. The summed E-state index contributed by atoms with van der Waals surface area (Å²) in [4.78, 5) is 21.4. The largest absolute Gasteiger partial charge is 0.480 e. The molecule has 0 saturated heterocycles. The Kier molecular flexibility index (Phi) is 5.30. The molecule has 4 heteroatoms. The van der Waals surface area contributed by atoms with Crippen LogP contribution in [0.15, 0.2) is 0 Å². The molecular formula is C9H17NO3. The third-order valence-electron chi connectivity index (χ3n) is 2.17. The maximum absolute atomic E-state index is 10.9. The van der Waals surface area contributed by atoms with E-state index >= 15 is 0 Å². The van der Waals surface area contributed by atoms with Gasteiger partial charge in [-0.2, -0.15) is 0 Å². The van der Waals surface area contributed by atoms with Gasteiger partial charge in [0.25, 0.3) is 0 Å². The number of carboxylic acid groups (broad SMARTS) is 1. The van der Waals surface area contributed by atoms with Crippen molar-refractivity contribution in [3.63, 3.8) is 0 Å². The molecule has 0 aliphatic carbocycles. The number of ketones is 1. The molecular weight excluding hydrogens is 170 g/mol. The quantitative estimate of drug-likeness (QED) is 0.644. The number of carbonyl (C=O) groups excluding carboxylic acids is 1. The highest BCUT2D eigenvalue weighted by molar-refractivity contribution is 5.78. The Morgan fingerprint density at radius 2 is 2.00 bits per heavy atom. The molecule has 0 rings (SSSR count). The lowest BCUT2D eigenvalue weighted by Crippen LogP contribution is -2.36. The summed E-state index contributed by atoms with van der Waals surface area (Å²) in [7, 11) is 0. The molecule has 0 fully saturated rings. The maximum atomic E-state index is 10.9. The van der Waals surface area contributed by atoms with Crippen LogP contribution in [0.4, 0.5) is 0 Å². The molecule has 0 saturated carbocycles. The molecule has 0 aromatic carbocycles. The van der Waals surface area contributed by atoms with E-state index in [1.807, 2.05) is 0 Å². The van der Waals surface area contributed by atoms with Gasteiger partial charge in [-0.05, 0) is 12.3 Å². The highest BCUT2D eigenvalue weighted by Crippen LogP contribution is 2.10. The first-order valence-corrected chi connectivity index (χ1v) is 4.49. The maximum Gasteiger partial charge on any atom is 0.320 e. The van der Waals surface area contributed by atoms with Crippen LogP contribution in [0.3, 0.4) is 0 Å². The van der Waals surface area contributed by atoms with Crippen LogP contribution in [0.25, 0.3) is 0 Å². The van der Waals surface area contributed by atoms with E-state index in [2.05, 4.69) is 0 Å². The van der Waals surface area contributed by atoms with Crippen molar-refractivity contribution in [2.75, 3.05) is 0 Å². The topological polar surface area (TPSA) is 80.4 Å². The zero-order valence-corrected chi connectivity index (χ0v) is 8.12. The van der Waals surface area contributed by atoms with E-state index in [0.29, 0.717) is 19.3 Å². The normalized spacial score (nSPS) is 15.0. The van der Waals surface area contributed by atoms with E-state index < -0.39 is 12.0 Å². The number of carbonyl (C=O) groups is 2. The molecule has 13 heavy (non-hydrogen) atoms. The Morgan fingerprint density at radius 1 is 1.46 bits per heavy atom. The first kappa shape index (κ1) is 12.1. The predicted octanol–water partition coefficient (Wildman–Crippen LogP) is 0.794. The van der Waals surface area contributed by atoms with Gasteiger partial charge in [0.2, 0.25) is 0 Å². The summed E-state index contributed by atoms with van der Waals surface area (Å²) in [5.41, 5.74) is 5.38. The monoisotopic (exact) mass is 187 g/mol. The summed E-state index contributed by atoms with van der Waals surface area (Å²) in [6.45, 7) is 3.55. The van der Waals surface area contributed by atoms with Gasteiger partial charge in [-0.3, -0.25) is 9.59 Å². The van der Waals surface area contributed by atoms with Crippen molar-refractivity contribution >= 4 is 11.8 Å². The second kappa shape index (κ2) is 5.70. The first-order chi connectivity index (χ1) is 5.99. The Bertz CT molecular complexity index is 191. The number of hydrogen-bond donors (Lipinski definition) is 2. The summed E-state index contributed by atoms with van der Waals surface area (Å²) < 4.78 is 0. The van der Waals surface area contributed by atoms with Gasteiger partial charge in [0.1, 0.15) is 11.8 Å². The van der Waals surface area contributed by atoms with Crippen molar-refractivity contribution in [1.82, 2.24) is 0 Å². The van der Waals surface area contributed by atoms with E-state index in [9.17, 15) is 9.59 Å². The van der Waals surface area contributed by atoms with Crippen LogP contribution in [0.5, 0.6) is 0 Å². The van der Waals surface area contributed by atoms with Gasteiger partial charge in [-0.15, -0.1) is 0 Å².